The molecular weight excluding hydrogens is 405 g/mol. The van der Waals surface area contributed by atoms with E-state index in [9.17, 15) is 0 Å². The predicted octanol–water partition coefficient (Wildman–Crippen LogP) is 3.05. The number of halogens is 1. The maximum absolute atomic E-state index is 5.66. The summed E-state index contributed by atoms with van der Waals surface area (Å²) in [6.45, 7) is 10.9. The van der Waals surface area contributed by atoms with Gasteiger partial charge < -0.3 is 19.7 Å². The first-order valence-electron chi connectivity index (χ1n) is 8.57. The van der Waals surface area contributed by atoms with E-state index < -0.39 is 0 Å². The van der Waals surface area contributed by atoms with Crippen molar-refractivity contribution in [2.75, 3.05) is 46.5 Å². The molecule has 1 fully saturated rings. The summed E-state index contributed by atoms with van der Waals surface area (Å²) in [6.07, 6.45) is 7.68. The van der Waals surface area contributed by atoms with Gasteiger partial charge >= 0.3 is 0 Å². The highest BCUT2D eigenvalue weighted by molar-refractivity contribution is 14.0. The van der Waals surface area contributed by atoms with Gasteiger partial charge in [0.1, 0.15) is 0 Å². The molecule has 0 spiro atoms. The lowest BCUT2D eigenvalue weighted by atomic mass is 10.2. The molecule has 1 unspecified atom stereocenters. The van der Waals surface area contributed by atoms with Crippen LogP contribution in [0.15, 0.2) is 17.6 Å². The number of allylic oxidation sites excluding steroid dienone is 1. The van der Waals surface area contributed by atoms with Gasteiger partial charge in [0.05, 0.1) is 12.7 Å². The van der Waals surface area contributed by atoms with E-state index in [-0.39, 0.29) is 24.0 Å². The van der Waals surface area contributed by atoms with Crippen LogP contribution in [0.1, 0.15) is 39.0 Å². The minimum atomic E-state index is 0. The Kier molecular flexibility index (Phi) is 15.0. The zero-order chi connectivity index (χ0) is 16.0. The van der Waals surface area contributed by atoms with Gasteiger partial charge in [-0.15, -0.1) is 30.6 Å². The molecule has 0 amide bonds. The van der Waals surface area contributed by atoms with Crippen LogP contribution in [-0.2, 0) is 9.47 Å². The van der Waals surface area contributed by atoms with Crippen LogP contribution < -0.4 is 5.32 Å². The molecule has 1 aliphatic rings. The summed E-state index contributed by atoms with van der Waals surface area (Å²) in [5.41, 5.74) is 0. The van der Waals surface area contributed by atoms with E-state index in [0.29, 0.717) is 6.10 Å². The molecule has 0 saturated carbocycles. The molecule has 23 heavy (non-hydrogen) atoms. The molecule has 1 atom stereocenters. The first-order valence-corrected chi connectivity index (χ1v) is 8.57. The maximum Gasteiger partial charge on any atom is 0.193 e. The largest absolute Gasteiger partial charge is 0.379 e. The van der Waals surface area contributed by atoms with Gasteiger partial charge in [0.25, 0.3) is 0 Å². The lowest BCUT2D eigenvalue weighted by molar-refractivity contribution is 0.0170. The molecule has 0 aromatic rings. The molecule has 1 saturated heterocycles. The lowest BCUT2D eigenvalue weighted by Gasteiger charge is -2.21. The summed E-state index contributed by atoms with van der Waals surface area (Å²) in [6, 6.07) is 0. The van der Waals surface area contributed by atoms with Crippen molar-refractivity contribution < 1.29 is 9.47 Å². The number of rotatable bonds is 11. The van der Waals surface area contributed by atoms with Gasteiger partial charge in [-0.05, 0) is 39.0 Å². The van der Waals surface area contributed by atoms with Crippen molar-refractivity contribution in [1.29, 1.82) is 0 Å². The Hall–Kier alpha value is -0.340. The van der Waals surface area contributed by atoms with Gasteiger partial charge in [0, 0.05) is 39.9 Å². The molecule has 6 heteroatoms. The standard InChI is InChI=1S/C17H33N3O2.HI/c1-4-6-7-12-20(3)17(18-5-2)19-11-9-13-21-15-16-10-8-14-22-16;/h4,16H,1,5-15H2,2-3H3,(H,18,19);1H. The van der Waals surface area contributed by atoms with Crippen molar-refractivity contribution in [3.05, 3.63) is 12.7 Å². The zero-order valence-electron chi connectivity index (χ0n) is 14.8. The minimum Gasteiger partial charge on any atom is -0.379 e. The Labute approximate surface area is 158 Å². The quantitative estimate of drug-likeness (QED) is 0.177. The molecule has 1 N–H and O–H groups in total. The number of guanidine groups is 1. The monoisotopic (exact) mass is 439 g/mol. The van der Waals surface area contributed by atoms with E-state index in [1.807, 2.05) is 6.08 Å². The Bertz CT molecular complexity index is 321. The van der Waals surface area contributed by atoms with Gasteiger partial charge in [-0.1, -0.05) is 6.08 Å². The predicted molar refractivity (Wildman–Crippen MR) is 108 cm³/mol. The summed E-state index contributed by atoms with van der Waals surface area (Å²) < 4.78 is 11.2. The van der Waals surface area contributed by atoms with Crippen molar-refractivity contribution in [3.8, 4) is 0 Å². The van der Waals surface area contributed by atoms with E-state index in [2.05, 4.69) is 35.8 Å². The van der Waals surface area contributed by atoms with Gasteiger partial charge in [0.2, 0.25) is 0 Å². The Morgan fingerprint density at radius 3 is 2.96 bits per heavy atom. The summed E-state index contributed by atoms with van der Waals surface area (Å²) in [5, 5.41) is 3.33. The third kappa shape index (κ3) is 10.9. The normalized spacial score (nSPS) is 17.7. The summed E-state index contributed by atoms with van der Waals surface area (Å²) >= 11 is 0. The second-order valence-electron chi connectivity index (χ2n) is 5.65. The molecule has 0 bridgehead atoms. The average molecular weight is 439 g/mol. The number of hydrogen-bond acceptors (Lipinski definition) is 3. The highest BCUT2D eigenvalue weighted by Crippen LogP contribution is 2.11. The molecule has 136 valence electrons. The second-order valence-corrected chi connectivity index (χ2v) is 5.65. The zero-order valence-corrected chi connectivity index (χ0v) is 17.1. The van der Waals surface area contributed by atoms with Crippen LogP contribution >= 0.6 is 24.0 Å². The van der Waals surface area contributed by atoms with Crippen LogP contribution in [0, 0.1) is 0 Å². The van der Waals surface area contributed by atoms with Crippen LogP contribution in [0.3, 0.4) is 0 Å². The first kappa shape index (κ1) is 22.7. The molecular formula is C17H34IN3O2. The van der Waals surface area contributed by atoms with E-state index >= 15 is 0 Å². The fourth-order valence-electron chi connectivity index (χ4n) is 2.39. The molecule has 1 rings (SSSR count). The topological polar surface area (TPSA) is 46.1 Å². The Balaban J connectivity index is 0.00000484. The summed E-state index contributed by atoms with van der Waals surface area (Å²) in [4.78, 5) is 6.84. The Morgan fingerprint density at radius 2 is 2.30 bits per heavy atom. The second kappa shape index (κ2) is 15.2. The first-order chi connectivity index (χ1) is 10.8. The van der Waals surface area contributed by atoms with E-state index in [4.69, 9.17) is 9.47 Å². The maximum atomic E-state index is 5.66. The van der Waals surface area contributed by atoms with Crippen LogP contribution in [0.25, 0.3) is 0 Å². The number of hydrogen-bond donors (Lipinski definition) is 1. The van der Waals surface area contributed by atoms with Gasteiger partial charge in [-0.25, -0.2) is 0 Å². The fourth-order valence-corrected chi connectivity index (χ4v) is 2.39. The van der Waals surface area contributed by atoms with Gasteiger partial charge in [0.15, 0.2) is 5.96 Å². The van der Waals surface area contributed by atoms with Crippen molar-refractivity contribution in [3.63, 3.8) is 0 Å². The van der Waals surface area contributed by atoms with Crippen LogP contribution in [-0.4, -0.2) is 63.5 Å². The van der Waals surface area contributed by atoms with Crippen molar-refractivity contribution in [2.45, 2.75) is 45.1 Å². The van der Waals surface area contributed by atoms with Crippen LogP contribution in [0.5, 0.6) is 0 Å². The molecule has 0 aromatic carbocycles. The van der Waals surface area contributed by atoms with Gasteiger partial charge in [-0.3, -0.25) is 4.99 Å². The minimum absolute atomic E-state index is 0. The highest BCUT2D eigenvalue weighted by Gasteiger charge is 2.14. The fraction of sp³-hybridized carbons (Fsp3) is 0.824. The van der Waals surface area contributed by atoms with E-state index in [0.717, 1.165) is 71.1 Å². The number of aliphatic imine (C=N–C) groups is 1. The van der Waals surface area contributed by atoms with Crippen molar-refractivity contribution in [2.24, 2.45) is 4.99 Å². The molecule has 0 aliphatic carbocycles. The smallest absolute Gasteiger partial charge is 0.193 e. The Morgan fingerprint density at radius 1 is 1.48 bits per heavy atom. The van der Waals surface area contributed by atoms with Crippen molar-refractivity contribution >= 4 is 29.9 Å². The third-order valence-electron chi connectivity index (χ3n) is 3.63. The molecule has 1 heterocycles. The number of ether oxygens (including phenoxy) is 2. The van der Waals surface area contributed by atoms with Crippen LogP contribution in [0.4, 0.5) is 0 Å². The number of nitrogens with zero attached hydrogens (tertiary/aromatic N) is 2. The molecule has 1 aliphatic heterocycles. The summed E-state index contributed by atoms with van der Waals surface area (Å²) in [5.74, 6) is 0.977. The molecule has 5 nitrogen and oxygen atoms in total. The third-order valence-corrected chi connectivity index (χ3v) is 3.63. The highest BCUT2D eigenvalue weighted by atomic mass is 127. The average Bonchev–Trinajstić information content (AvgIpc) is 3.03. The molecule has 0 radical (unpaired) electrons. The van der Waals surface area contributed by atoms with Crippen LogP contribution in [0.2, 0.25) is 0 Å². The molecule has 0 aromatic heterocycles. The summed E-state index contributed by atoms with van der Waals surface area (Å²) in [7, 11) is 2.08. The van der Waals surface area contributed by atoms with E-state index in [1.54, 1.807) is 0 Å². The van der Waals surface area contributed by atoms with Crippen molar-refractivity contribution in [1.82, 2.24) is 10.2 Å². The number of nitrogens with one attached hydrogen (secondary N) is 1. The van der Waals surface area contributed by atoms with Gasteiger partial charge in [-0.2, -0.15) is 0 Å². The van der Waals surface area contributed by atoms with E-state index in [1.165, 1.54) is 6.42 Å². The SMILES string of the molecule is C=CCCCN(C)C(=NCCCOCC1CCCO1)NCC.I. The number of unbranched alkanes of at least 4 members (excludes halogenated alkanes) is 1. The lowest BCUT2D eigenvalue weighted by Crippen LogP contribution is -2.39.